The highest BCUT2D eigenvalue weighted by molar-refractivity contribution is 5.89. The third-order valence-electron chi connectivity index (χ3n) is 4.60. The Hall–Kier alpha value is -2.89. The summed E-state index contributed by atoms with van der Waals surface area (Å²) in [7, 11) is 3.40. The molecule has 0 aliphatic carbocycles. The summed E-state index contributed by atoms with van der Waals surface area (Å²) in [6.45, 7) is 1.40. The molecular formula is C20H23N3O3. The highest BCUT2D eigenvalue weighted by Gasteiger charge is 2.35. The number of benzene rings is 1. The highest BCUT2D eigenvalue weighted by atomic mass is 16.5. The average molecular weight is 353 g/mol. The molecule has 6 nitrogen and oxygen atoms in total. The van der Waals surface area contributed by atoms with Crippen LogP contribution in [0.3, 0.4) is 0 Å². The van der Waals surface area contributed by atoms with Crippen LogP contribution in [0.25, 0.3) is 0 Å². The second-order valence-corrected chi connectivity index (χ2v) is 6.54. The van der Waals surface area contributed by atoms with Crippen molar-refractivity contribution in [2.75, 3.05) is 20.7 Å². The van der Waals surface area contributed by atoms with Gasteiger partial charge in [-0.2, -0.15) is 0 Å². The standard InChI is InChI=1S/C20H23N3O3/c1-22(12-15-6-8-18(26-2)9-7-15)20(25)16-11-19(24)23(13-16)14-17-5-3-4-10-21-17/h3-10,16H,11-14H2,1-2H3/t16-/m1/s1. The molecule has 0 N–H and O–H groups in total. The summed E-state index contributed by atoms with van der Waals surface area (Å²) in [5.74, 6) is 0.494. The first-order valence-electron chi connectivity index (χ1n) is 8.62. The molecule has 1 aromatic heterocycles. The number of carbonyl (C=O) groups excluding carboxylic acids is 2. The van der Waals surface area contributed by atoms with E-state index in [9.17, 15) is 9.59 Å². The normalized spacial score (nSPS) is 16.6. The van der Waals surface area contributed by atoms with Gasteiger partial charge in [-0.3, -0.25) is 14.6 Å². The zero-order valence-corrected chi connectivity index (χ0v) is 15.1. The van der Waals surface area contributed by atoms with Crippen molar-refractivity contribution >= 4 is 11.8 Å². The van der Waals surface area contributed by atoms with E-state index < -0.39 is 0 Å². The number of carbonyl (C=O) groups is 2. The molecule has 1 aliphatic rings. The fourth-order valence-corrected chi connectivity index (χ4v) is 3.17. The smallest absolute Gasteiger partial charge is 0.228 e. The minimum atomic E-state index is -0.297. The summed E-state index contributed by atoms with van der Waals surface area (Å²) >= 11 is 0. The molecule has 0 unspecified atom stereocenters. The predicted molar refractivity (Wildman–Crippen MR) is 97.2 cm³/mol. The quantitative estimate of drug-likeness (QED) is 0.798. The van der Waals surface area contributed by atoms with Crippen LogP contribution in [-0.2, 0) is 22.7 Å². The third-order valence-corrected chi connectivity index (χ3v) is 4.60. The van der Waals surface area contributed by atoms with Gasteiger partial charge in [0, 0.05) is 32.8 Å². The Morgan fingerprint density at radius 1 is 1.27 bits per heavy atom. The lowest BCUT2D eigenvalue weighted by Crippen LogP contribution is -2.34. The maximum absolute atomic E-state index is 12.7. The lowest BCUT2D eigenvalue weighted by Gasteiger charge is -2.21. The van der Waals surface area contributed by atoms with E-state index in [2.05, 4.69) is 4.98 Å². The fourth-order valence-electron chi connectivity index (χ4n) is 3.17. The molecule has 3 rings (SSSR count). The van der Waals surface area contributed by atoms with Gasteiger partial charge in [0.2, 0.25) is 11.8 Å². The molecule has 1 fully saturated rings. The number of nitrogens with zero attached hydrogens (tertiary/aromatic N) is 3. The SMILES string of the molecule is COc1ccc(CN(C)C(=O)[C@@H]2CC(=O)N(Cc3ccccn3)C2)cc1. The van der Waals surface area contributed by atoms with Crippen LogP contribution in [-0.4, -0.2) is 47.3 Å². The van der Waals surface area contributed by atoms with Crippen molar-refractivity contribution in [2.24, 2.45) is 5.92 Å². The van der Waals surface area contributed by atoms with Gasteiger partial charge in [-0.1, -0.05) is 18.2 Å². The molecular weight excluding hydrogens is 330 g/mol. The van der Waals surface area contributed by atoms with E-state index >= 15 is 0 Å². The topological polar surface area (TPSA) is 62.7 Å². The van der Waals surface area contributed by atoms with Gasteiger partial charge in [0.25, 0.3) is 0 Å². The van der Waals surface area contributed by atoms with Gasteiger partial charge in [-0.25, -0.2) is 0 Å². The van der Waals surface area contributed by atoms with E-state index in [0.29, 0.717) is 19.6 Å². The second kappa shape index (κ2) is 7.99. The van der Waals surface area contributed by atoms with E-state index in [0.717, 1.165) is 17.0 Å². The number of hydrogen-bond acceptors (Lipinski definition) is 4. The number of amides is 2. The number of methoxy groups -OCH3 is 1. The van der Waals surface area contributed by atoms with Crippen LogP contribution in [0.4, 0.5) is 0 Å². The molecule has 0 saturated carbocycles. The van der Waals surface area contributed by atoms with Gasteiger partial charge in [-0.05, 0) is 29.8 Å². The van der Waals surface area contributed by atoms with Gasteiger partial charge in [-0.15, -0.1) is 0 Å². The molecule has 1 aromatic carbocycles. The number of ether oxygens (including phenoxy) is 1. The fraction of sp³-hybridized carbons (Fsp3) is 0.350. The molecule has 26 heavy (non-hydrogen) atoms. The number of aromatic nitrogens is 1. The molecule has 1 atom stereocenters. The van der Waals surface area contributed by atoms with E-state index in [1.165, 1.54) is 0 Å². The summed E-state index contributed by atoms with van der Waals surface area (Å²) in [6, 6.07) is 13.3. The molecule has 2 amide bonds. The molecule has 1 aliphatic heterocycles. The molecule has 0 spiro atoms. The van der Waals surface area contributed by atoms with Crippen molar-refractivity contribution in [3.8, 4) is 5.75 Å². The zero-order chi connectivity index (χ0) is 18.5. The summed E-state index contributed by atoms with van der Waals surface area (Å²) in [5.41, 5.74) is 1.86. The van der Waals surface area contributed by atoms with Gasteiger partial charge in [0.1, 0.15) is 5.75 Å². The lowest BCUT2D eigenvalue weighted by molar-refractivity contribution is -0.135. The Morgan fingerprint density at radius 2 is 2.04 bits per heavy atom. The molecule has 2 aromatic rings. The minimum Gasteiger partial charge on any atom is -0.497 e. The predicted octanol–water partition coefficient (Wildman–Crippen LogP) is 2.10. The van der Waals surface area contributed by atoms with Crippen molar-refractivity contribution in [2.45, 2.75) is 19.5 Å². The Bertz CT molecular complexity index is 762. The number of likely N-dealkylation sites (tertiary alicyclic amines) is 1. The first-order valence-corrected chi connectivity index (χ1v) is 8.62. The third kappa shape index (κ3) is 4.20. The van der Waals surface area contributed by atoms with Crippen LogP contribution in [0.1, 0.15) is 17.7 Å². The van der Waals surface area contributed by atoms with E-state index in [4.69, 9.17) is 4.74 Å². The van der Waals surface area contributed by atoms with Crippen molar-refractivity contribution in [3.05, 3.63) is 59.9 Å². The Labute approximate surface area is 153 Å². The lowest BCUT2D eigenvalue weighted by atomic mass is 10.1. The molecule has 1 saturated heterocycles. The van der Waals surface area contributed by atoms with Crippen molar-refractivity contribution in [1.82, 2.24) is 14.8 Å². The van der Waals surface area contributed by atoms with Crippen LogP contribution in [0.2, 0.25) is 0 Å². The Balaban J connectivity index is 1.58. The number of pyridine rings is 1. The van der Waals surface area contributed by atoms with Gasteiger partial charge >= 0.3 is 0 Å². The van der Waals surface area contributed by atoms with Crippen LogP contribution in [0.5, 0.6) is 5.75 Å². The number of rotatable bonds is 6. The highest BCUT2D eigenvalue weighted by Crippen LogP contribution is 2.22. The van der Waals surface area contributed by atoms with Crippen LogP contribution >= 0.6 is 0 Å². The van der Waals surface area contributed by atoms with Crippen molar-refractivity contribution in [1.29, 1.82) is 0 Å². The van der Waals surface area contributed by atoms with Gasteiger partial charge in [0.15, 0.2) is 0 Å². The summed E-state index contributed by atoms with van der Waals surface area (Å²) in [5, 5.41) is 0. The first kappa shape index (κ1) is 17.9. The van der Waals surface area contributed by atoms with Gasteiger partial charge in [0.05, 0.1) is 25.3 Å². The summed E-state index contributed by atoms with van der Waals surface area (Å²) in [4.78, 5) is 32.6. The van der Waals surface area contributed by atoms with Gasteiger partial charge < -0.3 is 14.5 Å². The Morgan fingerprint density at radius 3 is 2.69 bits per heavy atom. The molecule has 2 heterocycles. The largest absolute Gasteiger partial charge is 0.497 e. The second-order valence-electron chi connectivity index (χ2n) is 6.54. The molecule has 6 heteroatoms. The monoisotopic (exact) mass is 353 g/mol. The van der Waals surface area contributed by atoms with E-state index in [1.807, 2.05) is 42.5 Å². The number of hydrogen-bond donors (Lipinski definition) is 0. The van der Waals surface area contributed by atoms with Crippen molar-refractivity contribution < 1.29 is 14.3 Å². The summed E-state index contributed by atoms with van der Waals surface area (Å²) in [6.07, 6.45) is 1.97. The Kier molecular flexibility index (Phi) is 5.51. The first-order chi connectivity index (χ1) is 12.6. The van der Waals surface area contributed by atoms with E-state index in [1.54, 1.807) is 30.2 Å². The maximum Gasteiger partial charge on any atom is 0.228 e. The maximum atomic E-state index is 12.7. The average Bonchev–Trinajstić information content (AvgIpc) is 3.03. The van der Waals surface area contributed by atoms with Crippen LogP contribution in [0.15, 0.2) is 48.7 Å². The zero-order valence-electron chi connectivity index (χ0n) is 15.1. The molecule has 136 valence electrons. The molecule has 0 bridgehead atoms. The van der Waals surface area contributed by atoms with Crippen molar-refractivity contribution in [3.63, 3.8) is 0 Å². The van der Waals surface area contributed by atoms with Crippen LogP contribution in [0, 0.1) is 5.92 Å². The minimum absolute atomic E-state index is 0.00214. The van der Waals surface area contributed by atoms with Crippen LogP contribution < -0.4 is 4.74 Å². The van der Waals surface area contributed by atoms with E-state index in [-0.39, 0.29) is 24.2 Å². The molecule has 0 radical (unpaired) electrons. The summed E-state index contributed by atoms with van der Waals surface area (Å²) < 4.78 is 5.15.